The third kappa shape index (κ3) is 3.15. The van der Waals surface area contributed by atoms with Crippen LogP contribution in [0, 0.1) is 0 Å². The van der Waals surface area contributed by atoms with E-state index in [1.54, 1.807) is 0 Å². The Bertz CT molecular complexity index is 621. The molecule has 0 N–H and O–H groups in total. The summed E-state index contributed by atoms with van der Waals surface area (Å²) in [6.45, 7) is 4.91. The molecule has 2 aromatic carbocycles. The zero-order valence-corrected chi connectivity index (χ0v) is 13.4. The molecule has 0 saturated carbocycles. The highest BCUT2D eigenvalue weighted by Gasteiger charge is 2.31. The van der Waals surface area contributed by atoms with E-state index in [0.29, 0.717) is 6.61 Å². The van der Waals surface area contributed by atoms with Gasteiger partial charge in [0.1, 0.15) is 12.4 Å². The maximum atomic E-state index is 5.94. The molecule has 1 aliphatic rings. The molecule has 0 spiro atoms. The van der Waals surface area contributed by atoms with Crippen molar-refractivity contribution in [1.29, 1.82) is 0 Å². The van der Waals surface area contributed by atoms with Crippen LogP contribution in [0.15, 0.2) is 40.9 Å². The number of halogens is 1. The van der Waals surface area contributed by atoms with Gasteiger partial charge in [-0.05, 0) is 61.7 Å². The van der Waals surface area contributed by atoms with E-state index in [1.165, 1.54) is 10.8 Å². The minimum absolute atomic E-state index is 0.00366. The third-order valence-electron chi connectivity index (χ3n) is 3.76. The Balaban J connectivity index is 1.67. The second-order valence-electron chi connectivity index (χ2n) is 6.00. The van der Waals surface area contributed by atoms with Gasteiger partial charge in [0.2, 0.25) is 0 Å². The van der Waals surface area contributed by atoms with Crippen molar-refractivity contribution in [2.45, 2.75) is 38.4 Å². The monoisotopic (exact) mass is 334 g/mol. The molecule has 20 heavy (non-hydrogen) atoms. The molecule has 2 nitrogen and oxygen atoms in total. The average molecular weight is 335 g/mol. The lowest BCUT2D eigenvalue weighted by molar-refractivity contribution is -0.0326. The number of ether oxygens (including phenoxy) is 2. The highest BCUT2D eigenvalue weighted by Crippen LogP contribution is 2.30. The van der Waals surface area contributed by atoms with Crippen LogP contribution in [0.5, 0.6) is 5.75 Å². The Kier molecular flexibility index (Phi) is 3.74. The molecule has 1 heterocycles. The largest absolute Gasteiger partial charge is 0.491 e. The lowest BCUT2D eigenvalue weighted by atomic mass is 10.1. The highest BCUT2D eigenvalue weighted by molar-refractivity contribution is 9.10. The summed E-state index contributed by atoms with van der Waals surface area (Å²) < 4.78 is 12.9. The first-order valence-corrected chi connectivity index (χ1v) is 7.81. The van der Waals surface area contributed by atoms with E-state index in [2.05, 4.69) is 60.1 Å². The quantitative estimate of drug-likeness (QED) is 0.791. The molecule has 1 atom stereocenters. The predicted molar refractivity (Wildman–Crippen MR) is 85.3 cm³/mol. The van der Waals surface area contributed by atoms with Crippen LogP contribution in [0.25, 0.3) is 10.8 Å². The van der Waals surface area contributed by atoms with Crippen LogP contribution in [0.3, 0.4) is 0 Å². The fourth-order valence-electron chi connectivity index (χ4n) is 2.67. The molecule has 0 radical (unpaired) electrons. The maximum Gasteiger partial charge on any atom is 0.120 e. The Hall–Kier alpha value is -1.06. The van der Waals surface area contributed by atoms with E-state index < -0.39 is 0 Å². The molecule has 2 aromatic rings. The number of benzene rings is 2. The van der Waals surface area contributed by atoms with Gasteiger partial charge in [0.05, 0.1) is 11.7 Å². The van der Waals surface area contributed by atoms with Gasteiger partial charge in [0.25, 0.3) is 0 Å². The molecule has 0 aromatic heterocycles. The molecule has 1 saturated heterocycles. The molecule has 3 heteroatoms. The Morgan fingerprint density at radius 1 is 1.20 bits per heavy atom. The maximum absolute atomic E-state index is 5.94. The minimum atomic E-state index is 0.00366. The van der Waals surface area contributed by atoms with Gasteiger partial charge in [-0.25, -0.2) is 0 Å². The van der Waals surface area contributed by atoms with E-state index in [1.807, 2.05) is 6.07 Å². The van der Waals surface area contributed by atoms with Crippen molar-refractivity contribution >= 4 is 26.7 Å². The second kappa shape index (κ2) is 5.38. The molecular formula is C17H19BrO2. The summed E-state index contributed by atoms with van der Waals surface area (Å²) in [6, 6.07) is 12.5. The minimum Gasteiger partial charge on any atom is -0.491 e. The summed E-state index contributed by atoms with van der Waals surface area (Å²) in [4.78, 5) is 0. The van der Waals surface area contributed by atoms with Gasteiger partial charge in [0, 0.05) is 4.47 Å². The zero-order valence-electron chi connectivity index (χ0n) is 11.9. The summed E-state index contributed by atoms with van der Waals surface area (Å²) in [5.74, 6) is 0.910. The first-order valence-electron chi connectivity index (χ1n) is 7.02. The number of hydrogen-bond acceptors (Lipinski definition) is 2. The SMILES string of the molecule is CC1(C)CCC(COc2ccc3cc(Br)ccc3c2)O1. The van der Waals surface area contributed by atoms with Crippen LogP contribution in [0.4, 0.5) is 0 Å². The molecule has 106 valence electrons. The molecule has 1 fully saturated rings. The van der Waals surface area contributed by atoms with E-state index in [4.69, 9.17) is 9.47 Å². The first kappa shape index (κ1) is 13.9. The van der Waals surface area contributed by atoms with Crippen LogP contribution < -0.4 is 4.74 Å². The molecule has 1 aliphatic heterocycles. The second-order valence-corrected chi connectivity index (χ2v) is 6.92. The molecule has 3 rings (SSSR count). The molecule has 1 unspecified atom stereocenters. The van der Waals surface area contributed by atoms with Gasteiger partial charge < -0.3 is 9.47 Å². The van der Waals surface area contributed by atoms with Gasteiger partial charge >= 0.3 is 0 Å². The first-order chi connectivity index (χ1) is 9.52. The topological polar surface area (TPSA) is 18.5 Å². The van der Waals surface area contributed by atoms with Gasteiger partial charge in [-0.15, -0.1) is 0 Å². The van der Waals surface area contributed by atoms with Crippen LogP contribution in [0.2, 0.25) is 0 Å². The van der Waals surface area contributed by atoms with Crippen molar-refractivity contribution in [2.24, 2.45) is 0 Å². The van der Waals surface area contributed by atoms with E-state index in [-0.39, 0.29) is 11.7 Å². The van der Waals surface area contributed by atoms with Crippen LogP contribution >= 0.6 is 15.9 Å². The van der Waals surface area contributed by atoms with Crippen molar-refractivity contribution < 1.29 is 9.47 Å². The Labute approximate surface area is 128 Å². The Morgan fingerprint density at radius 2 is 1.95 bits per heavy atom. The predicted octanol–water partition coefficient (Wildman–Crippen LogP) is 4.94. The lowest BCUT2D eigenvalue weighted by Gasteiger charge is -2.19. The van der Waals surface area contributed by atoms with E-state index in [0.717, 1.165) is 23.1 Å². The Morgan fingerprint density at radius 3 is 2.70 bits per heavy atom. The van der Waals surface area contributed by atoms with Crippen molar-refractivity contribution in [1.82, 2.24) is 0 Å². The fourth-order valence-corrected chi connectivity index (χ4v) is 3.05. The van der Waals surface area contributed by atoms with Crippen molar-refractivity contribution in [2.75, 3.05) is 6.61 Å². The summed E-state index contributed by atoms with van der Waals surface area (Å²) in [7, 11) is 0. The number of rotatable bonds is 3. The molecular weight excluding hydrogens is 316 g/mol. The summed E-state index contributed by atoms with van der Waals surface area (Å²) in [5.41, 5.74) is 0.00366. The van der Waals surface area contributed by atoms with Crippen molar-refractivity contribution in [3.05, 3.63) is 40.9 Å². The van der Waals surface area contributed by atoms with Crippen molar-refractivity contribution in [3.63, 3.8) is 0 Å². The van der Waals surface area contributed by atoms with E-state index in [9.17, 15) is 0 Å². The normalized spacial score (nSPS) is 21.2. The molecule has 0 amide bonds. The average Bonchev–Trinajstić information content (AvgIpc) is 2.76. The van der Waals surface area contributed by atoms with Gasteiger partial charge in [-0.3, -0.25) is 0 Å². The third-order valence-corrected chi connectivity index (χ3v) is 4.26. The number of fused-ring (bicyclic) bond motifs is 1. The van der Waals surface area contributed by atoms with Gasteiger partial charge in [-0.2, -0.15) is 0 Å². The lowest BCUT2D eigenvalue weighted by Crippen LogP contribution is -2.23. The van der Waals surface area contributed by atoms with Crippen LogP contribution in [-0.2, 0) is 4.74 Å². The van der Waals surface area contributed by atoms with Crippen molar-refractivity contribution in [3.8, 4) is 5.75 Å². The van der Waals surface area contributed by atoms with Gasteiger partial charge in [0.15, 0.2) is 0 Å². The zero-order chi connectivity index (χ0) is 14.2. The molecule has 0 aliphatic carbocycles. The fraction of sp³-hybridized carbons (Fsp3) is 0.412. The number of hydrogen-bond donors (Lipinski definition) is 0. The molecule has 0 bridgehead atoms. The highest BCUT2D eigenvalue weighted by atomic mass is 79.9. The van der Waals surface area contributed by atoms with Gasteiger partial charge in [-0.1, -0.05) is 28.1 Å². The summed E-state index contributed by atoms with van der Waals surface area (Å²) >= 11 is 3.49. The van der Waals surface area contributed by atoms with E-state index >= 15 is 0 Å². The summed E-state index contributed by atoms with van der Waals surface area (Å²) in [6.07, 6.45) is 2.39. The standard InChI is InChI=1S/C17H19BrO2/c1-17(2)8-7-16(20-17)11-19-15-6-4-12-9-14(18)5-3-13(12)10-15/h3-6,9-10,16H,7-8,11H2,1-2H3. The van der Waals surface area contributed by atoms with Crippen LogP contribution in [0.1, 0.15) is 26.7 Å². The smallest absolute Gasteiger partial charge is 0.120 e. The van der Waals surface area contributed by atoms with Crippen LogP contribution in [-0.4, -0.2) is 18.3 Å². The summed E-state index contributed by atoms with van der Waals surface area (Å²) in [5, 5.41) is 2.41.